The molecule has 1 atom stereocenters. The van der Waals surface area contributed by atoms with Crippen molar-refractivity contribution in [1.29, 1.82) is 0 Å². The summed E-state index contributed by atoms with van der Waals surface area (Å²) in [4.78, 5) is 39.5. The van der Waals surface area contributed by atoms with Gasteiger partial charge in [-0.05, 0) is 48.4 Å². The summed E-state index contributed by atoms with van der Waals surface area (Å²) in [5.74, 6) is -0.332. The number of hydrogen-bond acceptors (Lipinski definition) is 4. The van der Waals surface area contributed by atoms with Crippen LogP contribution in [0.4, 0.5) is 10.5 Å². The van der Waals surface area contributed by atoms with Crippen molar-refractivity contribution in [2.75, 3.05) is 18.4 Å². The highest BCUT2D eigenvalue weighted by molar-refractivity contribution is 8.04. The van der Waals surface area contributed by atoms with Gasteiger partial charge in [0, 0.05) is 5.69 Å². The number of hydrogen-bond donors (Lipinski definition) is 1. The first-order chi connectivity index (χ1) is 12.8. The molecule has 0 bridgehead atoms. The number of allylic oxidation sites excluding steroid dienone is 1. The summed E-state index contributed by atoms with van der Waals surface area (Å²) in [7, 11) is 0. The lowest BCUT2D eigenvalue weighted by Gasteiger charge is -2.25. The Morgan fingerprint density at radius 2 is 2.04 bits per heavy atom. The number of carbonyl (C=O) groups excluding carboxylic acids is 3. The van der Waals surface area contributed by atoms with Gasteiger partial charge in [0.1, 0.15) is 5.71 Å². The standard InChI is InChI=1S/C20H23N3O3S/c1-12(2)10-23-19(25)18-16(7-8-27-18)22(20(23)26)11-17(24)21-15-9-13(3)5-6-14(15)4/h5-9,12,18H,10-11H2,1-4H3/p+1. The Kier molecular flexibility index (Phi) is 5.51. The van der Waals surface area contributed by atoms with Crippen molar-refractivity contribution >= 4 is 41.0 Å². The Hall–Kier alpha value is -2.41. The second-order valence-corrected chi connectivity index (χ2v) is 8.34. The van der Waals surface area contributed by atoms with Crippen LogP contribution < -0.4 is 5.32 Å². The molecule has 27 heavy (non-hydrogen) atoms. The summed E-state index contributed by atoms with van der Waals surface area (Å²) in [6.07, 6.45) is 1.75. The summed E-state index contributed by atoms with van der Waals surface area (Å²) in [5, 5.41) is 4.24. The Bertz CT molecular complexity index is 873. The van der Waals surface area contributed by atoms with E-state index in [1.165, 1.54) is 21.2 Å². The maximum atomic E-state index is 12.9. The predicted molar refractivity (Wildman–Crippen MR) is 107 cm³/mol. The predicted octanol–water partition coefficient (Wildman–Crippen LogP) is 2.94. The smallest absolute Gasteiger partial charge is 0.322 e. The minimum Gasteiger partial charge on any atom is -0.322 e. The number of urea groups is 1. The summed E-state index contributed by atoms with van der Waals surface area (Å²) in [6, 6.07) is 5.40. The molecule has 4 amide bonds. The number of rotatable bonds is 5. The van der Waals surface area contributed by atoms with Crippen LogP contribution in [-0.2, 0) is 9.59 Å². The second-order valence-electron chi connectivity index (χ2n) is 7.32. The van der Waals surface area contributed by atoms with Crippen LogP contribution in [0.25, 0.3) is 0 Å². The monoisotopic (exact) mass is 386 g/mol. The van der Waals surface area contributed by atoms with E-state index in [1.807, 2.05) is 45.9 Å². The minimum atomic E-state index is -0.449. The van der Waals surface area contributed by atoms with E-state index in [9.17, 15) is 14.4 Å². The third kappa shape index (κ3) is 3.98. The van der Waals surface area contributed by atoms with E-state index in [4.69, 9.17) is 0 Å². The summed E-state index contributed by atoms with van der Waals surface area (Å²) in [6.45, 7) is 8.02. The van der Waals surface area contributed by atoms with Crippen molar-refractivity contribution in [3.63, 3.8) is 0 Å². The molecule has 0 aliphatic carbocycles. The number of carbonyl (C=O) groups is 3. The molecule has 2 aliphatic heterocycles. The van der Waals surface area contributed by atoms with Crippen LogP contribution >= 0.6 is 11.8 Å². The highest BCUT2D eigenvalue weighted by Crippen LogP contribution is 2.28. The van der Waals surface area contributed by atoms with Gasteiger partial charge in [-0.3, -0.25) is 4.79 Å². The van der Waals surface area contributed by atoms with Crippen LogP contribution in [0.5, 0.6) is 0 Å². The molecule has 1 N–H and O–H groups in total. The van der Waals surface area contributed by atoms with Crippen LogP contribution in [0.15, 0.2) is 29.7 Å². The quantitative estimate of drug-likeness (QED) is 0.790. The molecule has 0 saturated heterocycles. The molecule has 0 radical (unpaired) electrons. The SMILES string of the molecule is Cc1ccc(C)c(NC(=O)C[N+]2=C3C=CSC3C(=O)N(CC(C)C)C2=O)c1. The summed E-state index contributed by atoms with van der Waals surface area (Å²) >= 11 is 1.37. The van der Waals surface area contributed by atoms with E-state index in [1.54, 1.807) is 11.5 Å². The maximum Gasteiger partial charge on any atom is 0.501 e. The molecular weight excluding hydrogens is 362 g/mol. The van der Waals surface area contributed by atoms with Crippen LogP contribution in [0.2, 0.25) is 0 Å². The molecule has 6 nitrogen and oxygen atoms in total. The van der Waals surface area contributed by atoms with Gasteiger partial charge in [-0.15, -0.1) is 11.8 Å². The Morgan fingerprint density at radius 1 is 1.30 bits per heavy atom. The van der Waals surface area contributed by atoms with E-state index < -0.39 is 11.3 Å². The molecule has 0 aromatic heterocycles. The number of thioether (sulfide) groups is 1. The highest BCUT2D eigenvalue weighted by atomic mass is 32.2. The lowest BCUT2D eigenvalue weighted by Crippen LogP contribution is -2.57. The molecule has 0 spiro atoms. The molecule has 7 heteroatoms. The number of nitrogens with zero attached hydrogens (tertiary/aromatic N) is 2. The topological polar surface area (TPSA) is 69.5 Å². The van der Waals surface area contributed by atoms with E-state index in [-0.39, 0.29) is 24.3 Å². The summed E-state index contributed by atoms with van der Waals surface area (Å²) in [5.41, 5.74) is 3.32. The molecule has 2 heterocycles. The van der Waals surface area contributed by atoms with E-state index >= 15 is 0 Å². The first-order valence-electron chi connectivity index (χ1n) is 8.96. The first kappa shape index (κ1) is 19.4. The zero-order valence-corrected chi connectivity index (χ0v) is 16.8. The van der Waals surface area contributed by atoms with Crippen molar-refractivity contribution in [3.05, 3.63) is 40.8 Å². The molecule has 142 valence electrons. The number of imide groups is 1. The number of aryl methyl sites for hydroxylation is 2. The van der Waals surface area contributed by atoms with Gasteiger partial charge >= 0.3 is 11.9 Å². The molecule has 1 unspecified atom stereocenters. The largest absolute Gasteiger partial charge is 0.501 e. The van der Waals surface area contributed by atoms with Gasteiger partial charge in [0.15, 0.2) is 11.8 Å². The molecule has 0 fully saturated rings. The van der Waals surface area contributed by atoms with Gasteiger partial charge < -0.3 is 5.32 Å². The number of anilines is 1. The van der Waals surface area contributed by atoms with Gasteiger partial charge in [-0.1, -0.05) is 26.0 Å². The Morgan fingerprint density at radius 3 is 2.74 bits per heavy atom. The van der Waals surface area contributed by atoms with Crippen LogP contribution in [0, 0.1) is 19.8 Å². The minimum absolute atomic E-state index is 0.120. The average Bonchev–Trinajstić information content (AvgIpc) is 3.08. The van der Waals surface area contributed by atoms with Gasteiger partial charge in [0.05, 0.1) is 6.54 Å². The van der Waals surface area contributed by atoms with Crippen molar-refractivity contribution in [1.82, 2.24) is 4.90 Å². The third-order valence-electron chi connectivity index (χ3n) is 4.50. The van der Waals surface area contributed by atoms with Crippen molar-refractivity contribution in [3.8, 4) is 0 Å². The highest BCUT2D eigenvalue weighted by Gasteiger charge is 2.49. The summed E-state index contributed by atoms with van der Waals surface area (Å²) < 4.78 is 1.42. The van der Waals surface area contributed by atoms with Gasteiger partial charge in [-0.25, -0.2) is 4.79 Å². The first-order valence-corrected chi connectivity index (χ1v) is 9.91. The normalized spacial score (nSPS) is 19.1. The molecule has 3 rings (SSSR count). The van der Waals surface area contributed by atoms with Crippen LogP contribution in [0.3, 0.4) is 0 Å². The zero-order chi connectivity index (χ0) is 19.7. The van der Waals surface area contributed by atoms with E-state index in [2.05, 4.69) is 5.32 Å². The number of fused-ring (bicyclic) bond motifs is 1. The zero-order valence-electron chi connectivity index (χ0n) is 16.0. The fourth-order valence-electron chi connectivity index (χ4n) is 3.15. The maximum absolute atomic E-state index is 12.9. The Balaban J connectivity index is 1.85. The fraction of sp³-hybridized carbons (Fsp3) is 0.400. The third-order valence-corrected chi connectivity index (χ3v) is 5.51. The number of amides is 4. The van der Waals surface area contributed by atoms with Crippen molar-refractivity contribution in [2.24, 2.45) is 5.92 Å². The van der Waals surface area contributed by atoms with Crippen LogP contribution in [0.1, 0.15) is 25.0 Å². The number of nitrogens with one attached hydrogen (secondary N) is 1. The fourth-order valence-corrected chi connectivity index (χ4v) is 4.11. The molecule has 1 aromatic carbocycles. The Labute approximate surface area is 163 Å². The number of benzene rings is 1. The molecule has 1 aromatic rings. The molecule has 0 saturated carbocycles. The molecular formula is C20H24N3O3S+. The van der Waals surface area contributed by atoms with Crippen LogP contribution in [-0.4, -0.2) is 51.4 Å². The van der Waals surface area contributed by atoms with Crippen molar-refractivity contribution < 1.29 is 19.0 Å². The lowest BCUT2D eigenvalue weighted by molar-refractivity contribution is -0.426. The van der Waals surface area contributed by atoms with E-state index in [0.717, 1.165) is 16.8 Å². The van der Waals surface area contributed by atoms with Gasteiger partial charge in [0.25, 0.3) is 5.91 Å². The molecule has 2 aliphatic rings. The second kappa shape index (κ2) is 7.68. The average molecular weight is 386 g/mol. The van der Waals surface area contributed by atoms with E-state index in [0.29, 0.717) is 12.3 Å². The lowest BCUT2D eigenvalue weighted by atomic mass is 10.1. The van der Waals surface area contributed by atoms with Crippen molar-refractivity contribution in [2.45, 2.75) is 32.9 Å². The van der Waals surface area contributed by atoms with Gasteiger partial charge in [0.2, 0.25) is 0 Å². The van der Waals surface area contributed by atoms with Gasteiger partial charge in [-0.2, -0.15) is 14.3 Å².